The molecule has 4 heteroatoms. The predicted molar refractivity (Wildman–Crippen MR) is 130 cm³/mol. The summed E-state index contributed by atoms with van der Waals surface area (Å²) in [6, 6.07) is 28.9. The summed E-state index contributed by atoms with van der Waals surface area (Å²) in [5, 5.41) is 4.36. The van der Waals surface area contributed by atoms with E-state index in [0.29, 0.717) is 0 Å². The van der Waals surface area contributed by atoms with Crippen molar-refractivity contribution in [3.63, 3.8) is 0 Å². The van der Waals surface area contributed by atoms with Crippen molar-refractivity contribution in [1.82, 2.24) is 0 Å². The number of fused-ring (bicyclic) bond motifs is 5. The molecular weight excluding hydrogens is 504 g/mol. The highest BCUT2D eigenvalue weighted by Gasteiger charge is 2.15. The van der Waals surface area contributed by atoms with Crippen LogP contribution in [0.3, 0.4) is 0 Å². The summed E-state index contributed by atoms with van der Waals surface area (Å²) in [7, 11) is 0. The SMILES string of the molecule is Brc1ccc(-c2cc3c(ccc4ccc5cc(-c6ccc(Br)cc6)oc5c43)o2)cc1. The van der Waals surface area contributed by atoms with Gasteiger partial charge in [-0.25, -0.2) is 0 Å². The molecule has 0 atom stereocenters. The monoisotopic (exact) mass is 516 g/mol. The Labute approximate surface area is 189 Å². The maximum Gasteiger partial charge on any atom is 0.143 e. The fraction of sp³-hybridized carbons (Fsp3) is 0. The Bertz CT molecular complexity index is 1420. The molecule has 30 heavy (non-hydrogen) atoms. The highest BCUT2D eigenvalue weighted by Crippen LogP contribution is 2.39. The molecule has 0 aliphatic rings. The van der Waals surface area contributed by atoms with Gasteiger partial charge in [-0.3, -0.25) is 0 Å². The van der Waals surface area contributed by atoms with Crippen molar-refractivity contribution in [3.05, 3.63) is 93.9 Å². The van der Waals surface area contributed by atoms with Gasteiger partial charge in [-0.1, -0.05) is 74.3 Å². The highest BCUT2D eigenvalue weighted by atomic mass is 79.9. The van der Waals surface area contributed by atoms with Crippen LogP contribution in [0.1, 0.15) is 0 Å². The smallest absolute Gasteiger partial charge is 0.143 e. The Morgan fingerprint density at radius 3 is 1.77 bits per heavy atom. The van der Waals surface area contributed by atoms with Crippen molar-refractivity contribution in [2.75, 3.05) is 0 Å². The van der Waals surface area contributed by atoms with Gasteiger partial charge in [0.25, 0.3) is 0 Å². The lowest BCUT2D eigenvalue weighted by Gasteiger charge is -2.00. The van der Waals surface area contributed by atoms with Crippen LogP contribution in [0.4, 0.5) is 0 Å². The topological polar surface area (TPSA) is 26.3 Å². The Kier molecular flexibility index (Phi) is 4.12. The third kappa shape index (κ3) is 2.91. The third-order valence-electron chi connectivity index (χ3n) is 5.42. The van der Waals surface area contributed by atoms with E-state index < -0.39 is 0 Å². The van der Waals surface area contributed by atoms with Gasteiger partial charge in [0.1, 0.15) is 22.7 Å². The summed E-state index contributed by atoms with van der Waals surface area (Å²) in [5.41, 5.74) is 3.84. The third-order valence-corrected chi connectivity index (χ3v) is 6.48. The van der Waals surface area contributed by atoms with E-state index in [2.05, 4.69) is 86.5 Å². The molecule has 144 valence electrons. The van der Waals surface area contributed by atoms with E-state index in [9.17, 15) is 0 Å². The van der Waals surface area contributed by atoms with E-state index in [4.69, 9.17) is 8.83 Å². The zero-order valence-corrected chi connectivity index (χ0v) is 18.8. The molecule has 0 fully saturated rings. The summed E-state index contributed by atoms with van der Waals surface area (Å²) in [5.74, 6) is 1.71. The molecule has 6 rings (SSSR count). The highest BCUT2D eigenvalue weighted by molar-refractivity contribution is 9.10. The second-order valence-corrected chi connectivity index (χ2v) is 9.13. The normalized spacial score (nSPS) is 11.7. The van der Waals surface area contributed by atoms with Crippen LogP contribution in [-0.2, 0) is 0 Å². The summed E-state index contributed by atoms with van der Waals surface area (Å²) in [4.78, 5) is 0. The van der Waals surface area contributed by atoms with Gasteiger partial charge in [-0.15, -0.1) is 0 Å². The molecule has 6 aromatic rings. The minimum absolute atomic E-state index is 0.849. The van der Waals surface area contributed by atoms with Gasteiger partial charge in [-0.05, 0) is 47.9 Å². The summed E-state index contributed by atoms with van der Waals surface area (Å²) in [6.07, 6.45) is 0. The van der Waals surface area contributed by atoms with Crippen molar-refractivity contribution in [1.29, 1.82) is 0 Å². The summed E-state index contributed by atoms with van der Waals surface area (Å²) >= 11 is 6.99. The molecule has 0 N–H and O–H groups in total. The van der Waals surface area contributed by atoms with Crippen LogP contribution in [0.5, 0.6) is 0 Å². The van der Waals surface area contributed by atoms with Crippen LogP contribution in [0.15, 0.2) is 103 Å². The lowest BCUT2D eigenvalue weighted by Crippen LogP contribution is -1.75. The first-order chi connectivity index (χ1) is 14.7. The Morgan fingerprint density at radius 2 is 1.10 bits per heavy atom. The average molecular weight is 518 g/mol. The maximum absolute atomic E-state index is 6.38. The number of benzene rings is 4. The van der Waals surface area contributed by atoms with Crippen molar-refractivity contribution < 1.29 is 8.83 Å². The van der Waals surface area contributed by atoms with Crippen LogP contribution >= 0.6 is 31.9 Å². The lowest BCUT2D eigenvalue weighted by atomic mass is 10.0. The number of halogens is 2. The van der Waals surface area contributed by atoms with E-state index in [-0.39, 0.29) is 0 Å². The Balaban J connectivity index is 1.60. The average Bonchev–Trinajstić information content (AvgIpc) is 3.39. The van der Waals surface area contributed by atoms with Gasteiger partial charge in [-0.2, -0.15) is 0 Å². The molecule has 0 saturated heterocycles. The lowest BCUT2D eigenvalue weighted by molar-refractivity contribution is 0.631. The first kappa shape index (κ1) is 18.0. The van der Waals surface area contributed by atoms with Crippen LogP contribution in [-0.4, -0.2) is 0 Å². The van der Waals surface area contributed by atoms with E-state index in [1.54, 1.807) is 0 Å². The van der Waals surface area contributed by atoms with Crippen LogP contribution in [0, 0.1) is 0 Å². The van der Waals surface area contributed by atoms with Crippen molar-refractivity contribution in [2.24, 2.45) is 0 Å². The molecule has 2 aromatic heterocycles. The predicted octanol–water partition coefficient (Wildman–Crippen LogP) is 9.19. The fourth-order valence-corrected chi connectivity index (χ4v) is 4.47. The largest absolute Gasteiger partial charge is 0.456 e. The van der Waals surface area contributed by atoms with Gasteiger partial charge >= 0.3 is 0 Å². The molecule has 0 aliphatic carbocycles. The maximum atomic E-state index is 6.38. The molecule has 0 aliphatic heterocycles. The molecule has 0 spiro atoms. The van der Waals surface area contributed by atoms with Gasteiger partial charge < -0.3 is 8.83 Å². The van der Waals surface area contributed by atoms with Gasteiger partial charge in [0.15, 0.2) is 0 Å². The molecule has 0 bridgehead atoms. The number of hydrogen-bond acceptors (Lipinski definition) is 2. The standard InChI is InChI=1S/C26H14Br2O2/c27-19-8-3-15(4-9-19)23-13-18-2-1-17-7-12-22-21(25(17)26(18)30-23)14-24(29-22)16-5-10-20(28)11-6-16/h1-14H. The number of furan rings is 2. The minimum Gasteiger partial charge on any atom is -0.456 e. The van der Waals surface area contributed by atoms with Crippen molar-refractivity contribution in [2.45, 2.75) is 0 Å². The quantitative estimate of drug-likeness (QED) is 0.229. The molecule has 0 saturated carbocycles. The molecule has 4 aromatic carbocycles. The number of rotatable bonds is 2. The second-order valence-electron chi connectivity index (χ2n) is 7.29. The van der Waals surface area contributed by atoms with Crippen LogP contribution in [0.2, 0.25) is 0 Å². The Hall–Kier alpha value is -2.82. The zero-order chi connectivity index (χ0) is 20.2. The van der Waals surface area contributed by atoms with Gasteiger partial charge in [0, 0.05) is 36.2 Å². The van der Waals surface area contributed by atoms with Crippen molar-refractivity contribution >= 4 is 64.6 Å². The van der Waals surface area contributed by atoms with Crippen LogP contribution in [0.25, 0.3) is 55.4 Å². The van der Waals surface area contributed by atoms with Gasteiger partial charge in [0.2, 0.25) is 0 Å². The fourth-order valence-electron chi connectivity index (χ4n) is 3.94. The first-order valence-electron chi connectivity index (χ1n) is 9.56. The first-order valence-corrected chi connectivity index (χ1v) is 11.1. The Morgan fingerprint density at radius 1 is 0.533 bits per heavy atom. The van der Waals surface area contributed by atoms with Crippen molar-refractivity contribution in [3.8, 4) is 22.6 Å². The van der Waals surface area contributed by atoms with Gasteiger partial charge in [0.05, 0.1) is 0 Å². The van der Waals surface area contributed by atoms with E-state index in [1.165, 1.54) is 0 Å². The van der Waals surface area contributed by atoms with E-state index in [0.717, 1.165) is 64.3 Å². The number of hydrogen-bond donors (Lipinski definition) is 0. The molecule has 0 unspecified atom stereocenters. The second kappa shape index (κ2) is 6.86. The van der Waals surface area contributed by atoms with E-state index in [1.807, 2.05) is 30.3 Å². The summed E-state index contributed by atoms with van der Waals surface area (Å²) in [6.45, 7) is 0. The molecule has 2 nitrogen and oxygen atoms in total. The minimum atomic E-state index is 0.849. The zero-order valence-electron chi connectivity index (χ0n) is 15.7. The molecular formula is C26H14Br2O2. The molecule has 0 amide bonds. The van der Waals surface area contributed by atoms with E-state index >= 15 is 0 Å². The molecule has 0 radical (unpaired) electrons. The molecule has 2 heterocycles. The van der Waals surface area contributed by atoms with Crippen LogP contribution < -0.4 is 0 Å². The summed E-state index contributed by atoms with van der Waals surface area (Å²) < 4.78 is 14.7.